The molecule has 0 fully saturated rings. The molecule has 78 valence electrons. The van der Waals surface area contributed by atoms with Gasteiger partial charge in [-0.1, -0.05) is 22.3 Å². The van der Waals surface area contributed by atoms with Gasteiger partial charge in [0.1, 0.15) is 0 Å². The van der Waals surface area contributed by atoms with E-state index in [1.807, 2.05) is 38.2 Å². The normalized spacial score (nSPS) is 10.3. The molecule has 5 nitrogen and oxygen atoms in total. The van der Waals surface area contributed by atoms with Crippen molar-refractivity contribution in [2.24, 2.45) is 0 Å². The van der Waals surface area contributed by atoms with Crippen LogP contribution in [0.2, 0.25) is 0 Å². The third-order valence-corrected chi connectivity index (χ3v) is 2.11. The zero-order valence-corrected chi connectivity index (χ0v) is 8.64. The third-order valence-electron chi connectivity index (χ3n) is 2.11. The Hall–Kier alpha value is -2.04. The van der Waals surface area contributed by atoms with E-state index in [2.05, 4.69) is 10.2 Å². The fourth-order valence-electron chi connectivity index (χ4n) is 1.31. The van der Waals surface area contributed by atoms with E-state index in [0.29, 0.717) is 6.01 Å². The number of nitrogens with two attached hydrogens (primary N) is 1. The molecule has 1 aromatic carbocycles. The highest BCUT2D eigenvalue weighted by Gasteiger charge is 2.10. The Bertz CT molecular complexity index is 466. The monoisotopic (exact) mass is 204 g/mol. The molecule has 0 atom stereocenters. The van der Waals surface area contributed by atoms with Gasteiger partial charge in [-0.2, -0.15) is 0 Å². The van der Waals surface area contributed by atoms with Crippen molar-refractivity contribution in [1.82, 2.24) is 10.2 Å². The summed E-state index contributed by atoms with van der Waals surface area (Å²) in [6.07, 6.45) is 0. The summed E-state index contributed by atoms with van der Waals surface area (Å²) < 4.78 is 5.12. The van der Waals surface area contributed by atoms with E-state index in [0.717, 1.165) is 5.69 Å². The number of nitrogens with zero attached hydrogens (tertiary/aromatic N) is 3. The highest BCUT2D eigenvalue weighted by atomic mass is 16.4. The van der Waals surface area contributed by atoms with Crippen LogP contribution in [-0.2, 0) is 0 Å². The van der Waals surface area contributed by atoms with E-state index in [1.54, 1.807) is 4.90 Å². The lowest BCUT2D eigenvalue weighted by molar-refractivity contribution is 0.576. The average Bonchev–Trinajstić information content (AvgIpc) is 2.64. The molecule has 5 heteroatoms. The number of nitrogen functional groups attached to an aromatic ring is 1. The Morgan fingerprint density at radius 3 is 2.73 bits per heavy atom. The molecule has 0 radical (unpaired) electrons. The van der Waals surface area contributed by atoms with E-state index in [4.69, 9.17) is 10.2 Å². The number of hydrogen-bond donors (Lipinski definition) is 1. The van der Waals surface area contributed by atoms with Gasteiger partial charge in [0.05, 0.1) is 0 Å². The number of rotatable bonds is 2. The third kappa shape index (κ3) is 1.90. The van der Waals surface area contributed by atoms with Gasteiger partial charge in [0.15, 0.2) is 0 Å². The van der Waals surface area contributed by atoms with Crippen LogP contribution in [0.25, 0.3) is 0 Å². The van der Waals surface area contributed by atoms with Gasteiger partial charge in [-0.05, 0) is 24.6 Å². The van der Waals surface area contributed by atoms with Crippen LogP contribution in [0.1, 0.15) is 5.56 Å². The molecule has 0 unspecified atom stereocenters. The molecule has 2 rings (SSSR count). The lowest BCUT2D eigenvalue weighted by Crippen LogP contribution is -2.09. The van der Waals surface area contributed by atoms with Crippen molar-refractivity contribution in [2.45, 2.75) is 6.92 Å². The smallest absolute Gasteiger partial charge is 0.323 e. The molecule has 0 bridgehead atoms. The van der Waals surface area contributed by atoms with Gasteiger partial charge in [0.2, 0.25) is 0 Å². The van der Waals surface area contributed by atoms with Gasteiger partial charge < -0.3 is 10.2 Å². The van der Waals surface area contributed by atoms with Crippen LogP contribution in [0.15, 0.2) is 28.7 Å². The summed E-state index contributed by atoms with van der Waals surface area (Å²) in [4.78, 5) is 1.79. The van der Waals surface area contributed by atoms with Crippen molar-refractivity contribution in [1.29, 1.82) is 0 Å². The topological polar surface area (TPSA) is 68.2 Å². The Morgan fingerprint density at radius 1 is 1.33 bits per heavy atom. The maximum absolute atomic E-state index is 5.36. The molecule has 0 aliphatic rings. The molecule has 1 aromatic heterocycles. The summed E-state index contributed by atoms with van der Waals surface area (Å²) in [7, 11) is 1.85. The van der Waals surface area contributed by atoms with Gasteiger partial charge >= 0.3 is 12.0 Å². The van der Waals surface area contributed by atoms with Crippen molar-refractivity contribution in [3.63, 3.8) is 0 Å². The second-order valence-electron chi connectivity index (χ2n) is 3.32. The first-order valence-electron chi connectivity index (χ1n) is 4.56. The molecule has 1 heterocycles. The van der Waals surface area contributed by atoms with Crippen LogP contribution >= 0.6 is 0 Å². The molecule has 0 amide bonds. The average molecular weight is 204 g/mol. The summed E-state index contributed by atoms with van der Waals surface area (Å²) >= 11 is 0. The number of aryl methyl sites for hydroxylation is 1. The van der Waals surface area contributed by atoms with Crippen LogP contribution in [0.5, 0.6) is 0 Å². The standard InChI is InChI=1S/C10H12N4O/c1-7-4-3-5-8(6-7)14(2)10-13-12-9(11)15-10/h3-6H,1-2H3,(H2,11,12). The Labute approximate surface area is 87.5 Å². The predicted molar refractivity (Wildman–Crippen MR) is 58.0 cm³/mol. The zero-order chi connectivity index (χ0) is 10.8. The first-order valence-corrected chi connectivity index (χ1v) is 4.56. The van der Waals surface area contributed by atoms with E-state index >= 15 is 0 Å². The van der Waals surface area contributed by atoms with Crippen molar-refractivity contribution in [2.75, 3.05) is 17.7 Å². The quantitative estimate of drug-likeness (QED) is 0.806. The lowest BCUT2D eigenvalue weighted by atomic mass is 10.2. The summed E-state index contributed by atoms with van der Waals surface area (Å²) in [5.74, 6) is 0. The van der Waals surface area contributed by atoms with Crippen molar-refractivity contribution in [3.05, 3.63) is 29.8 Å². The molecule has 2 aromatic rings. The second kappa shape index (κ2) is 3.61. The zero-order valence-electron chi connectivity index (χ0n) is 8.64. The number of hydrogen-bond acceptors (Lipinski definition) is 5. The van der Waals surface area contributed by atoms with E-state index in [9.17, 15) is 0 Å². The molecule has 15 heavy (non-hydrogen) atoms. The lowest BCUT2D eigenvalue weighted by Gasteiger charge is -2.13. The Morgan fingerprint density at radius 2 is 2.13 bits per heavy atom. The number of anilines is 3. The van der Waals surface area contributed by atoms with Crippen LogP contribution in [0.4, 0.5) is 17.7 Å². The number of benzene rings is 1. The first kappa shape index (κ1) is 9.51. The van der Waals surface area contributed by atoms with Crippen LogP contribution in [0, 0.1) is 6.92 Å². The largest absolute Gasteiger partial charge is 0.389 e. The number of aromatic nitrogens is 2. The van der Waals surface area contributed by atoms with Crippen LogP contribution < -0.4 is 10.6 Å². The maximum Gasteiger partial charge on any atom is 0.323 e. The minimum atomic E-state index is 0.0736. The van der Waals surface area contributed by atoms with E-state index < -0.39 is 0 Å². The van der Waals surface area contributed by atoms with Gasteiger partial charge in [0, 0.05) is 12.7 Å². The van der Waals surface area contributed by atoms with E-state index in [1.165, 1.54) is 5.56 Å². The fourth-order valence-corrected chi connectivity index (χ4v) is 1.31. The van der Waals surface area contributed by atoms with Crippen molar-refractivity contribution >= 4 is 17.7 Å². The van der Waals surface area contributed by atoms with Crippen molar-refractivity contribution < 1.29 is 4.42 Å². The maximum atomic E-state index is 5.36. The minimum absolute atomic E-state index is 0.0736. The molecular weight excluding hydrogens is 192 g/mol. The van der Waals surface area contributed by atoms with Gasteiger partial charge in [-0.15, -0.1) is 0 Å². The van der Waals surface area contributed by atoms with Gasteiger partial charge in [0.25, 0.3) is 0 Å². The van der Waals surface area contributed by atoms with Crippen molar-refractivity contribution in [3.8, 4) is 0 Å². The van der Waals surface area contributed by atoms with Gasteiger partial charge in [-0.3, -0.25) is 4.90 Å². The highest BCUT2D eigenvalue weighted by Crippen LogP contribution is 2.22. The minimum Gasteiger partial charge on any atom is -0.389 e. The summed E-state index contributed by atoms with van der Waals surface area (Å²) in [5.41, 5.74) is 7.52. The molecule has 0 spiro atoms. The summed E-state index contributed by atoms with van der Waals surface area (Å²) in [6.45, 7) is 2.03. The summed E-state index contributed by atoms with van der Waals surface area (Å²) in [6, 6.07) is 8.45. The Kier molecular flexibility index (Phi) is 2.29. The first-order chi connectivity index (χ1) is 7.16. The summed E-state index contributed by atoms with van der Waals surface area (Å²) in [5, 5.41) is 7.41. The Balaban J connectivity index is 2.32. The van der Waals surface area contributed by atoms with Crippen LogP contribution in [0.3, 0.4) is 0 Å². The van der Waals surface area contributed by atoms with Gasteiger partial charge in [-0.25, -0.2) is 0 Å². The molecule has 0 aliphatic heterocycles. The molecule has 0 aliphatic carbocycles. The predicted octanol–water partition coefficient (Wildman–Crippen LogP) is 1.73. The van der Waals surface area contributed by atoms with E-state index in [-0.39, 0.29) is 6.01 Å². The molecule has 0 saturated heterocycles. The molecule has 2 N–H and O–H groups in total. The second-order valence-corrected chi connectivity index (χ2v) is 3.32. The molecule has 0 saturated carbocycles. The fraction of sp³-hybridized carbons (Fsp3) is 0.200. The highest BCUT2D eigenvalue weighted by molar-refractivity contribution is 5.56. The van der Waals surface area contributed by atoms with Crippen LogP contribution in [-0.4, -0.2) is 17.2 Å². The molecular formula is C10H12N4O. The SMILES string of the molecule is Cc1cccc(N(C)c2nnc(N)o2)c1.